The molecule has 0 atom stereocenters. The molecule has 0 heterocycles. The van der Waals surface area contributed by atoms with Crippen LogP contribution in [0.2, 0.25) is 0 Å². The largest absolute Gasteiger partial charge is 0.323 e. The summed E-state index contributed by atoms with van der Waals surface area (Å²) in [5, 5.41) is 2.51. The molecule has 0 fully saturated rings. The molecular weight excluding hydrogens is 249 g/mol. The molecule has 3 nitrogen and oxygen atoms in total. The van der Waals surface area contributed by atoms with Crippen molar-refractivity contribution in [2.24, 2.45) is 0 Å². The first-order valence-electron chi connectivity index (χ1n) is 4.61. The van der Waals surface area contributed by atoms with E-state index in [4.69, 9.17) is 23.2 Å². The van der Waals surface area contributed by atoms with Crippen LogP contribution in [0.5, 0.6) is 0 Å². The second-order valence-corrected chi connectivity index (χ2v) is 4.73. The van der Waals surface area contributed by atoms with Gasteiger partial charge in [-0.25, -0.2) is 0 Å². The van der Waals surface area contributed by atoms with E-state index in [9.17, 15) is 9.59 Å². The first kappa shape index (κ1) is 13.0. The molecule has 1 amide bonds. The normalized spacial score (nSPS) is 11.0. The number of nitrogens with one attached hydrogen (secondary N) is 1. The average Bonchev–Trinajstić information content (AvgIpc) is 2.21. The molecule has 0 saturated heterocycles. The van der Waals surface area contributed by atoms with Crippen LogP contribution in [0, 0.1) is 6.92 Å². The van der Waals surface area contributed by atoms with E-state index in [1.54, 1.807) is 12.1 Å². The molecular formula is C11H11Cl2NO2. The van der Waals surface area contributed by atoms with E-state index < -0.39 is 16.0 Å². The SMILES string of the molecule is CC(=O)C(Cl)(Cl)C(=O)Nc1ccccc1C. The van der Waals surface area contributed by atoms with E-state index in [1.807, 2.05) is 19.1 Å². The number of aryl methyl sites for hydroxylation is 1. The van der Waals surface area contributed by atoms with Gasteiger partial charge in [-0.1, -0.05) is 41.4 Å². The third-order valence-corrected chi connectivity index (χ3v) is 3.00. The molecule has 1 N–H and O–H groups in total. The lowest BCUT2D eigenvalue weighted by molar-refractivity contribution is -0.125. The second-order valence-electron chi connectivity index (χ2n) is 3.40. The van der Waals surface area contributed by atoms with Gasteiger partial charge in [0.1, 0.15) is 0 Å². The molecule has 16 heavy (non-hydrogen) atoms. The summed E-state index contributed by atoms with van der Waals surface area (Å²) in [6.45, 7) is 2.99. The van der Waals surface area contributed by atoms with Gasteiger partial charge in [-0.2, -0.15) is 0 Å². The number of para-hydroxylation sites is 1. The monoisotopic (exact) mass is 259 g/mol. The van der Waals surface area contributed by atoms with Crippen molar-refractivity contribution in [2.45, 2.75) is 18.2 Å². The fraction of sp³-hybridized carbons (Fsp3) is 0.273. The number of halogens is 2. The van der Waals surface area contributed by atoms with Gasteiger partial charge >= 0.3 is 0 Å². The predicted octanol–water partition coefficient (Wildman–Crippen LogP) is 2.70. The van der Waals surface area contributed by atoms with Crippen LogP contribution in [0.3, 0.4) is 0 Å². The Balaban J connectivity index is 2.88. The van der Waals surface area contributed by atoms with Crippen LogP contribution < -0.4 is 5.32 Å². The minimum atomic E-state index is -2.04. The summed E-state index contributed by atoms with van der Waals surface area (Å²) in [6, 6.07) is 7.13. The third kappa shape index (κ3) is 2.74. The van der Waals surface area contributed by atoms with E-state index in [0.717, 1.165) is 12.5 Å². The molecule has 86 valence electrons. The maximum atomic E-state index is 11.6. The maximum Gasteiger partial charge on any atom is 0.268 e. The minimum Gasteiger partial charge on any atom is -0.323 e. The molecule has 0 bridgehead atoms. The highest BCUT2D eigenvalue weighted by Gasteiger charge is 2.39. The number of carbonyl (C=O) groups excluding carboxylic acids is 2. The van der Waals surface area contributed by atoms with Crippen molar-refractivity contribution in [3.05, 3.63) is 29.8 Å². The second kappa shape index (κ2) is 4.85. The van der Waals surface area contributed by atoms with E-state index in [1.165, 1.54) is 0 Å². The lowest BCUT2D eigenvalue weighted by Crippen LogP contribution is -2.38. The lowest BCUT2D eigenvalue weighted by atomic mass is 10.2. The molecule has 0 radical (unpaired) electrons. The highest BCUT2D eigenvalue weighted by atomic mass is 35.5. The number of Topliss-reactive ketones (excluding diaryl/α,β-unsaturated/α-hetero) is 1. The predicted molar refractivity (Wildman–Crippen MR) is 64.9 cm³/mol. The minimum absolute atomic E-state index is 0.583. The van der Waals surface area contributed by atoms with Crippen molar-refractivity contribution < 1.29 is 9.59 Å². The Kier molecular flexibility index (Phi) is 3.94. The summed E-state index contributed by atoms with van der Waals surface area (Å²) in [7, 11) is 0. The summed E-state index contributed by atoms with van der Waals surface area (Å²) in [4.78, 5) is 22.7. The molecule has 5 heteroatoms. The van der Waals surface area contributed by atoms with Crippen LogP contribution in [-0.4, -0.2) is 16.0 Å². The van der Waals surface area contributed by atoms with Crippen LogP contribution in [0.4, 0.5) is 5.69 Å². The molecule has 1 rings (SSSR count). The maximum absolute atomic E-state index is 11.6. The zero-order valence-electron chi connectivity index (χ0n) is 8.88. The van der Waals surface area contributed by atoms with Gasteiger partial charge in [-0.3, -0.25) is 9.59 Å². The number of carbonyl (C=O) groups is 2. The van der Waals surface area contributed by atoms with E-state index >= 15 is 0 Å². The third-order valence-electron chi connectivity index (χ3n) is 2.12. The van der Waals surface area contributed by atoms with Crippen molar-refractivity contribution in [2.75, 3.05) is 5.32 Å². The Morgan fingerprint density at radius 1 is 1.25 bits per heavy atom. The van der Waals surface area contributed by atoms with Gasteiger partial charge in [0.15, 0.2) is 5.78 Å². The number of alkyl halides is 2. The molecule has 0 spiro atoms. The highest BCUT2D eigenvalue weighted by molar-refractivity contribution is 6.68. The van der Waals surface area contributed by atoms with Crippen LogP contribution in [0.1, 0.15) is 12.5 Å². The average molecular weight is 260 g/mol. The summed E-state index contributed by atoms with van der Waals surface area (Å²) in [5.74, 6) is -1.35. The molecule has 0 unspecified atom stereocenters. The standard InChI is InChI=1S/C11H11Cl2NO2/c1-7-5-3-4-6-9(7)14-10(16)11(12,13)8(2)15/h3-6H,1-2H3,(H,14,16). The Morgan fingerprint density at radius 2 is 1.81 bits per heavy atom. The molecule has 1 aromatic rings. The van der Waals surface area contributed by atoms with Gasteiger partial charge < -0.3 is 5.32 Å². The van der Waals surface area contributed by atoms with Crippen LogP contribution >= 0.6 is 23.2 Å². The highest BCUT2D eigenvalue weighted by Crippen LogP contribution is 2.25. The van der Waals surface area contributed by atoms with Crippen LogP contribution in [0.25, 0.3) is 0 Å². The number of anilines is 1. The van der Waals surface area contributed by atoms with E-state index in [0.29, 0.717) is 5.69 Å². The number of rotatable bonds is 3. The molecule has 1 aromatic carbocycles. The Labute approximate surface area is 104 Å². The summed E-state index contributed by atoms with van der Waals surface area (Å²) < 4.78 is -2.04. The number of amides is 1. The molecule has 0 aliphatic rings. The van der Waals surface area contributed by atoms with Gasteiger partial charge in [0.05, 0.1) is 0 Å². The van der Waals surface area contributed by atoms with Gasteiger partial charge in [0, 0.05) is 5.69 Å². The van der Waals surface area contributed by atoms with Gasteiger partial charge in [0.2, 0.25) is 0 Å². The molecule has 0 aromatic heterocycles. The first-order valence-corrected chi connectivity index (χ1v) is 5.37. The van der Waals surface area contributed by atoms with Crippen LogP contribution in [-0.2, 0) is 9.59 Å². The quantitative estimate of drug-likeness (QED) is 0.670. The Morgan fingerprint density at radius 3 is 2.31 bits per heavy atom. The van der Waals surface area contributed by atoms with Gasteiger partial charge in [0.25, 0.3) is 10.2 Å². The zero-order chi connectivity index (χ0) is 12.3. The molecule has 0 aliphatic heterocycles. The first-order chi connectivity index (χ1) is 7.35. The molecule has 0 aliphatic carbocycles. The smallest absolute Gasteiger partial charge is 0.268 e. The summed E-state index contributed by atoms with van der Waals surface area (Å²) in [5.41, 5.74) is 1.45. The van der Waals surface area contributed by atoms with E-state index in [2.05, 4.69) is 5.32 Å². The lowest BCUT2D eigenvalue weighted by Gasteiger charge is -2.16. The Hall–Kier alpha value is -1.06. The van der Waals surface area contributed by atoms with Crippen molar-refractivity contribution in [3.63, 3.8) is 0 Å². The van der Waals surface area contributed by atoms with Gasteiger partial charge in [-0.05, 0) is 25.5 Å². The van der Waals surface area contributed by atoms with Crippen molar-refractivity contribution in [3.8, 4) is 0 Å². The van der Waals surface area contributed by atoms with Gasteiger partial charge in [-0.15, -0.1) is 0 Å². The van der Waals surface area contributed by atoms with Crippen molar-refractivity contribution in [1.82, 2.24) is 0 Å². The number of hydrogen-bond donors (Lipinski definition) is 1. The number of hydrogen-bond acceptors (Lipinski definition) is 2. The van der Waals surface area contributed by atoms with Crippen molar-refractivity contribution in [1.29, 1.82) is 0 Å². The molecule has 0 saturated carbocycles. The van der Waals surface area contributed by atoms with Crippen LogP contribution in [0.15, 0.2) is 24.3 Å². The number of ketones is 1. The summed E-state index contributed by atoms with van der Waals surface area (Å²) in [6.07, 6.45) is 0. The summed E-state index contributed by atoms with van der Waals surface area (Å²) >= 11 is 11.3. The fourth-order valence-electron chi connectivity index (χ4n) is 1.07. The van der Waals surface area contributed by atoms with E-state index in [-0.39, 0.29) is 0 Å². The Bertz CT molecular complexity index is 430. The zero-order valence-corrected chi connectivity index (χ0v) is 10.4. The number of benzene rings is 1. The fourth-order valence-corrected chi connectivity index (χ4v) is 1.17. The topological polar surface area (TPSA) is 46.2 Å². The van der Waals surface area contributed by atoms with Crippen molar-refractivity contribution >= 4 is 40.6 Å².